The van der Waals surface area contributed by atoms with Crippen LogP contribution in [-0.4, -0.2) is 28.4 Å². The highest BCUT2D eigenvalue weighted by atomic mass is 16.6. The van der Waals surface area contributed by atoms with E-state index in [0.29, 0.717) is 17.9 Å². The van der Waals surface area contributed by atoms with Gasteiger partial charge >= 0.3 is 0 Å². The molecule has 2 heterocycles. The van der Waals surface area contributed by atoms with E-state index in [1.807, 2.05) is 0 Å². The molecule has 18 heavy (non-hydrogen) atoms. The number of nitrogens with one attached hydrogen (secondary N) is 2. The normalized spacial score (nSPS) is 19.2. The highest BCUT2D eigenvalue weighted by Crippen LogP contribution is 2.19. The Morgan fingerprint density at radius 2 is 2.39 bits per heavy atom. The zero-order valence-electron chi connectivity index (χ0n) is 9.97. The van der Waals surface area contributed by atoms with Crippen molar-refractivity contribution in [1.82, 2.24) is 10.3 Å². The Labute approximate surface area is 104 Å². The highest BCUT2D eigenvalue weighted by molar-refractivity contribution is 5.85. The number of nitro groups is 1. The fraction of sp³-hybridized carbons (Fsp3) is 0.455. The number of pyridine rings is 1. The summed E-state index contributed by atoms with van der Waals surface area (Å²) < 4.78 is 0. The van der Waals surface area contributed by atoms with Gasteiger partial charge in [0.05, 0.1) is 4.92 Å². The maximum atomic E-state index is 11.6. The maximum absolute atomic E-state index is 11.6. The summed E-state index contributed by atoms with van der Waals surface area (Å²) in [6, 6.07) is 1.13. The molecule has 1 aliphatic heterocycles. The third-order valence-electron chi connectivity index (χ3n) is 2.87. The highest BCUT2D eigenvalue weighted by Gasteiger charge is 2.22. The van der Waals surface area contributed by atoms with Crippen molar-refractivity contribution in [3.05, 3.63) is 27.9 Å². The van der Waals surface area contributed by atoms with E-state index >= 15 is 0 Å². The summed E-state index contributed by atoms with van der Waals surface area (Å²) in [7, 11) is 0. The fourth-order valence-electron chi connectivity index (χ4n) is 1.89. The summed E-state index contributed by atoms with van der Waals surface area (Å²) in [5.74, 6) is 0.462. The maximum Gasteiger partial charge on any atom is 0.287 e. The van der Waals surface area contributed by atoms with Crippen molar-refractivity contribution in [3.8, 4) is 0 Å². The molecule has 1 aromatic rings. The summed E-state index contributed by atoms with van der Waals surface area (Å²) in [4.78, 5) is 25.7. The van der Waals surface area contributed by atoms with Crippen molar-refractivity contribution in [2.75, 3.05) is 11.9 Å². The first-order valence-electron chi connectivity index (χ1n) is 5.73. The van der Waals surface area contributed by atoms with Crippen LogP contribution in [0.2, 0.25) is 0 Å². The molecule has 1 saturated heterocycles. The van der Waals surface area contributed by atoms with Crippen LogP contribution in [0.1, 0.15) is 18.4 Å². The van der Waals surface area contributed by atoms with Crippen LogP contribution < -0.4 is 10.6 Å². The molecule has 7 nitrogen and oxygen atoms in total. The third kappa shape index (κ3) is 2.55. The van der Waals surface area contributed by atoms with E-state index in [4.69, 9.17) is 0 Å². The van der Waals surface area contributed by atoms with Crippen LogP contribution in [0, 0.1) is 17.0 Å². The second-order valence-electron chi connectivity index (χ2n) is 4.25. The lowest BCUT2D eigenvalue weighted by molar-refractivity contribution is -0.385. The van der Waals surface area contributed by atoms with Gasteiger partial charge in [0.15, 0.2) is 0 Å². The molecular formula is C11H14N4O3. The number of rotatable bonds is 3. The number of aryl methyl sites for hydroxylation is 1. The smallest absolute Gasteiger partial charge is 0.287 e. The first-order chi connectivity index (χ1) is 8.58. The van der Waals surface area contributed by atoms with Gasteiger partial charge in [-0.25, -0.2) is 4.98 Å². The molecule has 96 valence electrons. The molecule has 1 aliphatic rings. The van der Waals surface area contributed by atoms with E-state index in [2.05, 4.69) is 15.6 Å². The summed E-state index contributed by atoms with van der Waals surface area (Å²) in [5, 5.41) is 16.4. The average molecular weight is 250 g/mol. The Kier molecular flexibility index (Phi) is 3.40. The minimum atomic E-state index is -0.489. The lowest BCUT2D eigenvalue weighted by Crippen LogP contribution is -2.44. The largest absolute Gasteiger partial charge is 0.358 e. The standard InChI is InChI=1S/C11H14N4O3/c1-7-5-8(15(17)18)6-13-10(7)14-9-3-2-4-12-11(9)16/h5-6,9H,2-4H2,1H3,(H,12,16)(H,13,14). The fourth-order valence-corrected chi connectivity index (χ4v) is 1.89. The van der Waals surface area contributed by atoms with Crippen LogP contribution in [-0.2, 0) is 4.79 Å². The van der Waals surface area contributed by atoms with Crippen LogP contribution in [0.25, 0.3) is 0 Å². The molecule has 0 aliphatic carbocycles. The molecule has 1 unspecified atom stereocenters. The summed E-state index contributed by atoms with van der Waals surface area (Å²) >= 11 is 0. The number of hydrogen-bond donors (Lipinski definition) is 2. The second kappa shape index (κ2) is 4.99. The van der Waals surface area contributed by atoms with Gasteiger partial charge in [-0.15, -0.1) is 0 Å². The van der Waals surface area contributed by atoms with Crippen molar-refractivity contribution in [3.63, 3.8) is 0 Å². The van der Waals surface area contributed by atoms with Gasteiger partial charge in [0, 0.05) is 12.6 Å². The van der Waals surface area contributed by atoms with E-state index in [-0.39, 0.29) is 17.6 Å². The number of carbonyl (C=O) groups excluding carboxylic acids is 1. The first kappa shape index (κ1) is 12.3. The number of aromatic nitrogens is 1. The Morgan fingerprint density at radius 1 is 1.61 bits per heavy atom. The molecule has 0 aromatic carbocycles. The number of carbonyl (C=O) groups is 1. The predicted octanol–water partition coefficient (Wildman–Crippen LogP) is 0.989. The van der Waals surface area contributed by atoms with E-state index in [0.717, 1.165) is 12.8 Å². The van der Waals surface area contributed by atoms with Crippen molar-refractivity contribution in [1.29, 1.82) is 0 Å². The Hall–Kier alpha value is -2.18. The molecule has 1 amide bonds. The van der Waals surface area contributed by atoms with Crippen LogP contribution in [0.15, 0.2) is 12.3 Å². The van der Waals surface area contributed by atoms with E-state index in [9.17, 15) is 14.9 Å². The van der Waals surface area contributed by atoms with Gasteiger partial charge in [-0.1, -0.05) is 0 Å². The molecule has 0 saturated carbocycles. The van der Waals surface area contributed by atoms with E-state index < -0.39 is 4.92 Å². The summed E-state index contributed by atoms with van der Waals surface area (Å²) in [6.07, 6.45) is 2.84. The van der Waals surface area contributed by atoms with E-state index in [1.54, 1.807) is 6.92 Å². The Bertz CT molecular complexity index is 489. The summed E-state index contributed by atoms with van der Waals surface area (Å²) in [5.41, 5.74) is 0.605. The van der Waals surface area contributed by atoms with Gasteiger partial charge < -0.3 is 10.6 Å². The van der Waals surface area contributed by atoms with Gasteiger partial charge in [0.2, 0.25) is 5.91 Å². The average Bonchev–Trinajstić information content (AvgIpc) is 2.34. The topological polar surface area (TPSA) is 97.2 Å². The van der Waals surface area contributed by atoms with Gasteiger partial charge in [0.1, 0.15) is 18.1 Å². The van der Waals surface area contributed by atoms with Gasteiger partial charge in [-0.05, 0) is 25.3 Å². The lowest BCUT2D eigenvalue weighted by Gasteiger charge is -2.23. The molecule has 2 rings (SSSR count). The summed E-state index contributed by atoms with van der Waals surface area (Å²) in [6.45, 7) is 2.42. The molecule has 7 heteroatoms. The van der Waals surface area contributed by atoms with Crippen molar-refractivity contribution >= 4 is 17.4 Å². The van der Waals surface area contributed by atoms with E-state index in [1.165, 1.54) is 12.3 Å². The van der Waals surface area contributed by atoms with Crippen LogP contribution in [0.4, 0.5) is 11.5 Å². The molecule has 0 radical (unpaired) electrons. The van der Waals surface area contributed by atoms with Gasteiger partial charge in [-0.2, -0.15) is 0 Å². The zero-order valence-corrected chi connectivity index (χ0v) is 9.97. The third-order valence-corrected chi connectivity index (χ3v) is 2.87. The molecule has 2 N–H and O–H groups in total. The number of amides is 1. The molecule has 1 fully saturated rings. The number of anilines is 1. The Balaban J connectivity index is 2.14. The van der Waals surface area contributed by atoms with Gasteiger partial charge in [0.25, 0.3) is 5.69 Å². The Morgan fingerprint density at radius 3 is 3.00 bits per heavy atom. The lowest BCUT2D eigenvalue weighted by atomic mass is 10.1. The van der Waals surface area contributed by atoms with Gasteiger partial charge in [-0.3, -0.25) is 14.9 Å². The number of hydrogen-bond acceptors (Lipinski definition) is 5. The number of piperidine rings is 1. The SMILES string of the molecule is Cc1cc([N+](=O)[O-])cnc1NC1CCCNC1=O. The molecule has 1 aromatic heterocycles. The van der Waals surface area contributed by atoms with Crippen LogP contribution >= 0.6 is 0 Å². The molecule has 0 bridgehead atoms. The zero-order chi connectivity index (χ0) is 13.1. The monoisotopic (exact) mass is 250 g/mol. The molecule has 0 spiro atoms. The van der Waals surface area contributed by atoms with Crippen molar-refractivity contribution in [2.24, 2.45) is 0 Å². The minimum absolute atomic E-state index is 0.0499. The number of nitrogens with zero attached hydrogens (tertiary/aromatic N) is 2. The molecule has 1 atom stereocenters. The first-order valence-corrected chi connectivity index (χ1v) is 5.73. The second-order valence-corrected chi connectivity index (χ2v) is 4.25. The van der Waals surface area contributed by atoms with Crippen LogP contribution in [0.5, 0.6) is 0 Å². The van der Waals surface area contributed by atoms with Crippen molar-refractivity contribution in [2.45, 2.75) is 25.8 Å². The molecular weight excluding hydrogens is 236 g/mol. The quantitative estimate of drug-likeness (QED) is 0.615. The van der Waals surface area contributed by atoms with Crippen LogP contribution in [0.3, 0.4) is 0 Å². The predicted molar refractivity (Wildman–Crippen MR) is 65.3 cm³/mol. The van der Waals surface area contributed by atoms with Crippen molar-refractivity contribution < 1.29 is 9.72 Å². The minimum Gasteiger partial charge on any atom is -0.358 e.